The van der Waals surface area contributed by atoms with Crippen LogP contribution in [-0.2, 0) is 5.41 Å². The Balaban J connectivity index is 0.904. The average Bonchev–Trinajstić information content (AvgIpc) is 3.89. The molecule has 0 atom stereocenters. The summed E-state index contributed by atoms with van der Waals surface area (Å²) < 4.78 is 2.46. The van der Waals surface area contributed by atoms with Gasteiger partial charge in [0.1, 0.15) is 0 Å². The fourth-order valence-electron chi connectivity index (χ4n) is 12.0. The summed E-state index contributed by atoms with van der Waals surface area (Å²) >= 11 is 0. The Hall–Kier alpha value is -8.26. The molecule has 0 aliphatic heterocycles. The first-order valence-corrected chi connectivity index (χ1v) is 24.2. The number of nitrogens with zero attached hydrogens (tertiary/aromatic N) is 1. The van der Waals surface area contributed by atoms with E-state index in [2.05, 4.69) is 255 Å². The summed E-state index contributed by atoms with van der Waals surface area (Å²) in [4.78, 5) is 0. The molecule has 12 aromatic rings. The van der Waals surface area contributed by atoms with Crippen LogP contribution >= 0.6 is 0 Å². The summed E-state index contributed by atoms with van der Waals surface area (Å²) in [6.45, 7) is 4.73. The van der Waals surface area contributed by atoms with Gasteiger partial charge in [-0.3, -0.25) is 0 Å². The predicted octanol–water partition coefficient (Wildman–Crippen LogP) is 18.5. The lowest BCUT2D eigenvalue weighted by molar-refractivity contribution is 0.490. The number of aromatic nitrogens is 1. The minimum atomic E-state index is -0.0720. The van der Waals surface area contributed by atoms with Crippen molar-refractivity contribution in [2.75, 3.05) is 0 Å². The lowest BCUT2D eigenvalue weighted by Gasteiger charge is -2.30. The smallest absolute Gasteiger partial charge is 0.0541 e. The number of rotatable bonds is 8. The zero-order valence-electron chi connectivity index (χ0n) is 38.4. The summed E-state index contributed by atoms with van der Waals surface area (Å²) in [5.41, 5.74) is 19.0. The molecule has 0 N–H and O–H groups in total. The van der Waals surface area contributed by atoms with Gasteiger partial charge in [0.05, 0.1) is 11.0 Å². The molecule has 0 fully saturated rings. The van der Waals surface area contributed by atoms with Crippen molar-refractivity contribution in [2.45, 2.75) is 32.1 Å². The third-order valence-electron chi connectivity index (χ3n) is 15.3. The molecule has 0 spiro atoms. The molecule has 1 heteroatoms. The first kappa shape index (κ1) is 40.1. The standard InChI is InChI=1S/C67H49N/c1-3-67(4-2)60-41-45(35-39-52(60)53-40-38-49(42-61(53)67)68-62-29-17-15-25-54(62)55-26-16-18-30-63(55)68)32-31-44-33-36-47(37-34-44)58-43-59(46-19-7-5-8-20-46)65-56-27-13-11-23-50(56)51-24-12-14-28-57(51)66(65)64(58)48-21-9-6-10-22-48/h5-43H,3-4H2,1-2H3/b32-31+. The van der Waals surface area contributed by atoms with Gasteiger partial charge in [-0.1, -0.05) is 220 Å². The average molecular weight is 868 g/mol. The van der Waals surface area contributed by atoms with Crippen LogP contribution < -0.4 is 0 Å². The molecule has 0 saturated carbocycles. The molecule has 13 rings (SSSR count). The van der Waals surface area contributed by atoms with Crippen molar-refractivity contribution in [3.63, 3.8) is 0 Å². The molecule has 1 aliphatic carbocycles. The van der Waals surface area contributed by atoms with E-state index in [9.17, 15) is 0 Å². The molecule has 0 unspecified atom stereocenters. The van der Waals surface area contributed by atoms with Crippen LogP contribution in [0.4, 0.5) is 0 Å². The SMILES string of the molecule is CCC1(CC)c2cc(/C=C/c3ccc(-c4cc(-c5ccccc5)c5c6ccccc6c6ccccc6c5c4-c4ccccc4)cc3)ccc2-c2ccc(-n3c4ccccc4c4ccccc43)cc21. The Labute approximate surface area is 397 Å². The van der Waals surface area contributed by atoms with Gasteiger partial charge in [-0.15, -0.1) is 0 Å². The first-order valence-electron chi connectivity index (χ1n) is 24.2. The van der Waals surface area contributed by atoms with E-state index in [0.29, 0.717) is 0 Å². The van der Waals surface area contributed by atoms with Crippen LogP contribution in [0.2, 0.25) is 0 Å². The summed E-state index contributed by atoms with van der Waals surface area (Å²) in [6.07, 6.45) is 6.65. The van der Waals surface area contributed by atoms with Crippen molar-refractivity contribution in [2.24, 2.45) is 0 Å². The number of para-hydroxylation sites is 2. The van der Waals surface area contributed by atoms with Crippen LogP contribution in [0.5, 0.6) is 0 Å². The van der Waals surface area contributed by atoms with E-state index in [4.69, 9.17) is 0 Å². The maximum absolute atomic E-state index is 2.49. The lowest BCUT2D eigenvalue weighted by Crippen LogP contribution is -2.23. The van der Waals surface area contributed by atoms with Crippen LogP contribution in [0, 0.1) is 0 Å². The van der Waals surface area contributed by atoms with E-state index >= 15 is 0 Å². The lowest BCUT2D eigenvalue weighted by atomic mass is 9.73. The Morgan fingerprint density at radius 3 is 1.44 bits per heavy atom. The molecule has 0 saturated heterocycles. The van der Waals surface area contributed by atoms with Crippen molar-refractivity contribution in [3.05, 3.63) is 247 Å². The molecular formula is C67H49N. The zero-order chi connectivity index (χ0) is 45.3. The van der Waals surface area contributed by atoms with Gasteiger partial charge in [0.25, 0.3) is 0 Å². The van der Waals surface area contributed by atoms with Gasteiger partial charge in [0, 0.05) is 21.9 Å². The molecule has 1 heterocycles. The van der Waals surface area contributed by atoms with Crippen LogP contribution in [0.3, 0.4) is 0 Å². The van der Waals surface area contributed by atoms with Crippen molar-refractivity contribution in [1.29, 1.82) is 0 Å². The fourth-order valence-corrected chi connectivity index (χ4v) is 12.0. The van der Waals surface area contributed by atoms with Gasteiger partial charge < -0.3 is 4.57 Å². The highest BCUT2D eigenvalue weighted by Gasteiger charge is 2.41. The summed E-state index contributed by atoms with van der Waals surface area (Å²) in [6, 6.07) is 83.4. The molecule has 1 aromatic heterocycles. The van der Waals surface area contributed by atoms with E-state index in [0.717, 1.165) is 12.8 Å². The summed E-state index contributed by atoms with van der Waals surface area (Å²) in [5, 5.41) is 10.3. The quantitative estimate of drug-likeness (QED) is 0.106. The van der Waals surface area contributed by atoms with Gasteiger partial charge in [-0.05, 0) is 142 Å². The molecule has 0 radical (unpaired) electrons. The predicted molar refractivity (Wildman–Crippen MR) is 292 cm³/mol. The van der Waals surface area contributed by atoms with Crippen LogP contribution in [0.1, 0.15) is 48.9 Å². The zero-order valence-corrected chi connectivity index (χ0v) is 38.4. The van der Waals surface area contributed by atoms with E-state index in [1.807, 2.05) is 0 Å². The van der Waals surface area contributed by atoms with Gasteiger partial charge in [0.15, 0.2) is 0 Å². The van der Waals surface area contributed by atoms with E-state index in [-0.39, 0.29) is 5.41 Å². The molecule has 11 aromatic carbocycles. The Kier molecular flexibility index (Phi) is 9.41. The van der Waals surface area contributed by atoms with Crippen LogP contribution in [-0.4, -0.2) is 4.57 Å². The van der Waals surface area contributed by atoms with Crippen molar-refractivity contribution in [3.8, 4) is 50.2 Å². The van der Waals surface area contributed by atoms with Gasteiger partial charge in [0.2, 0.25) is 0 Å². The Bertz CT molecular complexity index is 3910. The molecule has 322 valence electrons. The number of hydrogen-bond acceptors (Lipinski definition) is 0. The van der Waals surface area contributed by atoms with Crippen molar-refractivity contribution < 1.29 is 0 Å². The van der Waals surface area contributed by atoms with Crippen molar-refractivity contribution >= 4 is 66.3 Å². The largest absolute Gasteiger partial charge is 0.309 e. The highest BCUT2D eigenvalue weighted by Crippen LogP contribution is 2.54. The second kappa shape index (κ2) is 16.0. The topological polar surface area (TPSA) is 4.93 Å². The van der Waals surface area contributed by atoms with Crippen molar-refractivity contribution in [1.82, 2.24) is 4.57 Å². The highest BCUT2D eigenvalue weighted by molar-refractivity contribution is 6.33. The minimum absolute atomic E-state index is 0.0720. The number of hydrogen-bond donors (Lipinski definition) is 0. The second-order valence-corrected chi connectivity index (χ2v) is 18.6. The summed E-state index contributed by atoms with van der Waals surface area (Å²) in [7, 11) is 0. The van der Waals surface area contributed by atoms with Gasteiger partial charge in [-0.2, -0.15) is 0 Å². The monoisotopic (exact) mass is 867 g/mol. The minimum Gasteiger partial charge on any atom is -0.309 e. The molecule has 68 heavy (non-hydrogen) atoms. The second-order valence-electron chi connectivity index (χ2n) is 18.6. The maximum atomic E-state index is 2.49. The molecule has 0 amide bonds. The third kappa shape index (κ3) is 6.09. The van der Waals surface area contributed by atoms with E-state index in [1.165, 1.54) is 127 Å². The Morgan fingerprint density at radius 1 is 0.353 bits per heavy atom. The Morgan fingerprint density at radius 2 is 0.824 bits per heavy atom. The maximum Gasteiger partial charge on any atom is 0.0541 e. The fraction of sp³-hybridized carbons (Fsp3) is 0.0746. The van der Waals surface area contributed by atoms with Gasteiger partial charge >= 0.3 is 0 Å². The van der Waals surface area contributed by atoms with E-state index in [1.54, 1.807) is 0 Å². The summed E-state index contributed by atoms with van der Waals surface area (Å²) in [5.74, 6) is 0. The third-order valence-corrected chi connectivity index (χ3v) is 15.3. The van der Waals surface area contributed by atoms with E-state index < -0.39 is 0 Å². The number of benzene rings is 11. The van der Waals surface area contributed by atoms with Crippen LogP contribution in [0.25, 0.3) is 116 Å². The molecule has 0 bridgehead atoms. The normalized spacial score (nSPS) is 13.0. The highest BCUT2D eigenvalue weighted by atomic mass is 15.0. The van der Waals surface area contributed by atoms with Crippen LogP contribution in [0.15, 0.2) is 224 Å². The molecule has 1 nitrogen and oxygen atoms in total. The molecule has 1 aliphatic rings. The number of fused-ring (bicyclic) bond motifs is 12. The first-order chi connectivity index (χ1) is 33.6. The molecular weight excluding hydrogens is 819 g/mol. The van der Waals surface area contributed by atoms with Gasteiger partial charge in [-0.25, -0.2) is 0 Å².